The molecule has 26 heavy (non-hydrogen) atoms. The number of fused-ring (bicyclic) bond motifs is 1. The summed E-state index contributed by atoms with van der Waals surface area (Å²) in [6.45, 7) is 5.76. The van der Waals surface area contributed by atoms with Gasteiger partial charge >= 0.3 is 0 Å². The smallest absolute Gasteiger partial charge is 0.261 e. The minimum atomic E-state index is -0.548. The Morgan fingerprint density at radius 3 is 2.54 bits per heavy atom. The van der Waals surface area contributed by atoms with E-state index in [1.54, 1.807) is 41.0 Å². The topological polar surface area (TPSA) is 81.1 Å². The SMILES string of the molecule is CCn1cc(C(=O)Nc2ccccc2C(C)=O)c(=O)c2ccc(C)nc21. The maximum atomic E-state index is 12.8. The molecule has 0 spiro atoms. The van der Waals surface area contributed by atoms with E-state index in [0.29, 0.717) is 28.8 Å². The number of rotatable bonds is 4. The van der Waals surface area contributed by atoms with Crippen molar-refractivity contribution in [3.8, 4) is 0 Å². The summed E-state index contributed by atoms with van der Waals surface area (Å²) in [6.07, 6.45) is 1.52. The lowest BCUT2D eigenvalue weighted by Crippen LogP contribution is -2.25. The van der Waals surface area contributed by atoms with Gasteiger partial charge in [-0.25, -0.2) is 4.98 Å². The molecule has 6 nitrogen and oxygen atoms in total. The van der Waals surface area contributed by atoms with Gasteiger partial charge in [-0.15, -0.1) is 0 Å². The van der Waals surface area contributed by atoms with Crippen LogP contribution in [0.1, 0.15) is 40.3 Å². The molecule has 0 aliphatic heterocycles. The number of nitrogens with zero attached hydrogens (tertiary/aromatic N) is 2. The third kappa shape index (κ3) is 3.13. The van der Waals surface area contributed by atoms with E-state index in [1.807, 2.05) is 13.8 Å². The molecule has 2 aromatic heterocycles. The first kappa shape index (κ1) is 17.5. The fraction of sp³-hybridized carbons (Fsp3) is 0.200. The van der Waals surface area contributed by atoms with Crippen molar-refractivity contribution in [2.24, 2.45) is 0 Å². The van der Waals surface area contributed by atoms with Gasteiger partial charge in [-0.1, -0.05) is 12.1 Å². The molecule has 3 aromatic rings. The summed E-state index contributed by atoms with van der Waals surface area (Å²) in [7, 11) is 0. The van der Waals surface area contributed by atoms with E-state index in [1.165, 1.54) is 13.1 Å². The predicted octanol–water partition coefficient (Wildman–Crippen LogP) is 3.18. The van der Waals surface area contributed by atoms with Gasteiger partial charge in [0.05, 0.1) is 11.1 Å². The van der Waals surface area contributed by atoms with Crippen LogP contribution in [0.5, 0.6) is 0 Å². The third-order valence-corrected chi connectivity index (χ3v) is 4.20. The van der Waals surface area contributed by atoms with Crippen LogP contribution in [0.3, 0.4) is 0 Å². The highest BCUT2D eigenvalue weighted by Crippen LogP contribution is 2.17. The number of carbonyl (C=O) groups is 2. The van der Waals surface area contributed by atoms with Gasteiger partial charge in [0.15, 0.2) is 5.78 Å². The van der Waals surface area contributed by atoms with Crippen LogP contribution in [-0.2, 0) is 6.54 Å². The van der Waals surface area contributed by atoms with Gasteiger partial charge in [-0.2, -0.15) is 0 Å². The van der Waals surface area contributed by atoms with Crippen molar-refractivity contribution >= 4 is 28.4 Å². The maximum absolute atomic E-state index is 12.8. The lowest BCUT2D eigenvalue weighted by molar-refractivity contribution is 0.101. The number of para-hydroxylation sites is 1. The Morgan fingerprint density at radius 1 is 1.12 bits per heavy atom. The van der Waals surface area contributed by atoms with E-state index in [4.69, 9.17) is 0 Å². The van der Waals surface area contributed by atoms with E-state index in [0.717, 1.165) is 5.69 Å². The summed E-state index contributed by atoms with van der Waals surface area (Å²) >= 11 is 0. The Kier molecular flexibility index (Phi) is 4.67. The van der Waals surface area contributed by atoms with Crippen molar-refractivity contribution in [3.63, 3.8) is 0 Å². The normalized spacial score (nSPS) is 10.7. The second kappa shape index (κ2) is 6.92. The second-order valence-electron chi connectivity index (χ2n) is 6.04. The number of anilines is 1. The minimum Gasteiger partial charge on any atom is -0.332 e. The predicted molar refractivity (Wildman–Crippen MR) is 101 cm³/mol. The molecule has 1 amide bonds. The standard InChI is InChI=1S/C20H19N3O3/c1-4-23-11-16(18(25)15-10-9-12(2)21-19(15)23)20(26)22-17-8-6-5-7-14(17)13(3)24/h5-11H,4H2,1-3H3,(H,22,26). The number of Topliss-reactive ketones (excluding diaryl/α,β-unsaturated/α-hetero) is 1. The minimum absolute atomic E-state index is 0.0170. The zero-order valence-electron chi connectivity index (χ0n) is 14.9. The number of hydrogen-bond donors (Lipinski definition) is 1. The molecule has 6 heteroatoms. The molecule has 0 saturated heterocycles. The highest BCUT2D eigenvalue weighted by Gasteiger charge is 2.17. The van der Waals surface area contributed by atoms with Crippen LogP contribution >= 0.6 is 0 Å². The number of aryl methyl sites for hydroxylation is 2. The molecular weight excluding hydrogens is 330 g/mol. The van der Waals surface area contributed by atoms with Crippen molar-refractivity contribution < 1.29 is 9.59 Å². The molecule has 1 aromatic carbocycles. The number of hydrogen-bond acceptors (Lipinski definition) is 4. The Bertz CT molecular complexity index is 1080. The first-order chi connectivity index (χ1) is 12.4. The van der Waals surface area contributed by atoms with Crippen LogP contribution in [0.4, 0.5) is 5.69 Å². The van der Waals surface area contributed by atoms with Crippen LogP contribution < -0.4 is 10.7 Å². The summed E-state index contributed by atoms with van der Waals surface area (Å²) in [4.78, 5) is 41.7. The van der Waals surface area contributed by atoms with E-state index < -0.39 is 5.91 Å². The van der Waals surface area contributed by atoms with Crippen LogP contribution in [0.2, 0.25) is 0 Å². The van der Waals surface area contributed by atoms with Gasteiger partial charge in [0, 0.05) is 24.0 Å². The van der Waals surface area contributed by atoms with Crippen molar-refractivity contribution in [1.29, 1.82) is 0 Å². The van der Waals surface area contributed by atoms with Crippen LogP contribution in [0.15, 0.2) is 47.4 Å². The Morgan fingerprint density at radius 2 is 1.85 bits per heavy atom. The molecule has 0 radical (unpaired) electrons. The summed E-state index contributed by atoms with van der Waals surface area (Å²) in [6, 6.07) is 10.1. The van der Waals surface area contributed by atoms with Crippen LogP contribution in [0.25, 0.3) is 11.0 Å². The van der Waals surface area contributed by atoms with Crippen molar-refractivity contribution in [2.75, 3.05) is 5.32 Å². The molecule has 0 saturated carbocycles. The highest BCUT2D eigenvalue weighted by atomic mass is 16.2. The maximum Gasteiger partial charge on any atom is 0.261 e. The van der Waals surface area contributed by atoms with Crippen molar-refractivity contribution in [1.82, 2.24) is 9.55 Å². The summed E-state index contributed by atoms with van der Waals surface area (Å²) in [5, 5.41) is 3.08. The number of carbonyl (C=O) groups excluding carboxylic acids is 2. The zero-order chi connectivity index (χ0) is 18.8. The van der Waals surface area contributed by atoms with Gasteiger partial charge in [0.25, 0.3) is 5.91 Å². The number of aromatic nitrogens is 2. The Balaban J connectivity index is 2.10. The molecule has 3 rings (SSSR count). The van der Waals surface area contributed by atoms with Gasteiger partial charge in [0.2, 0.25) is 5.43 Å². The molecule has 0 unspecified atom stereocenters. The molecule has 0 fully saturated rings. The molecular formula is C20H19N3O3. The van der Waals surface area contributed by atoms with E-state index in [9.17, 15) is 14.4 Å². The van der Waals surface area contributed by atoms with E-state index >= 15 is 0 Å². The fourth-order valence-electron chi connectivity index (χ4n) is 2.85. The number of pyridine rings is 2. The average molecular weight is 349 g/mol. The Hall–Kier alpha value is -3.28. The summed E-state index contributed by atoms with van der Waals surface area (Å²) < 4.78 is 1.77. The summed E-state index contributed by atoms with van der Waals surface area (Å²) in [5.74, 6) is -0.710. The van der Waals surface area contributed by atoms with E-state index in [2.05, 4.69) is 10.3 Å². The van der Waals surface area contributed by atoms with Crippen molar-refractivity contribution in [3.05, 3.63) is 69.6 Å². The number of benzene rings is 1. The zero-order valence-corrected chi connectivity index (χ0v) is 14.9. The van der Waals surface area contributed by atoms with Gasteiger partial charge in [0.1, 0.15) is 11.2 Å². The molecule has 0 atom stereocenters. The van der Waals surface area contributed by atoms with Gasteiger partial charge in [-0.3, -0.25) is 14.4 Å². The third-order valence-electron chi connectivity index (χ3n) is 4.20. The first-order valence-electron chi connectivity index (χ1n) is 8.34. The molecule has 0 bridgehead atoms. The molecule has 0 aliphatic rings. The van der Waals surface area contributed by atoms with Crippen LogP contribution in [-0.4, -0.2) is 21.2 Å². The molecule has 0 aliphatic carbocycles. The Labute approximate surface area is 150 Å². The molecule has 1 N–H and O–H groups in total. The fourth-order valence-corrected chi connectivity index (χ4v) is 2.85. The summed E-state index contributed by atoms with van der Waals surface area (Å²) in [5.41, 5.74) is 1.77. The quantitative estimate of drug-likeness (QED) is 0.734. The lowest BCUT2D eigenvalue weighted by atomic mass is 10.1. The van der Waals surface area contributed by atoms with Crippen molar-refractivity contribution in [2.45, 2.75) is 27.3 Å². The first-order valence-corrected chi connectivity index (χ1v) is 8.34. The average Bonchev–Trinajstić information content (AvgIpc) is 2.62. The highest BCUT2D eigenvalue weighted by molar-refractivity contribution is 6.09. The van der Waals surface area contributed by atoms with Gasteiger partial charge < -0.3 is 9.88 Å². The van der Waals surface area contributed by atoms with E-state index in [-0.39, 0.29) is 16.8 Å². The largest absolute Gasteiger partial charge is 0.332 e. The number of nitrogens with one attached hydrogen (secondary N) is 1. The van der Waals surface area contributed by atoms with Gasteiger partial charge in [-0.05, 0) is 45.0 Å². The number of amides is 1. The lowest BCUT2D eigenvalue weighted by Gasteiger charge is -2.12. The van der Waals surface area contributed by atoms with Crippen LogP contribution in [0, 0.1) is 6.92 Å². The molecule has 132 valence electrons. The number of ketones is 1. The molecule has 2 heterocycles. The monoisotopic (exact) mass is 349 g/mol. The second-order valence-corrected chi connectivity index (χ2v) is 6.04.